The third-order valence-corrected chi connectivity index (χ3v) is 4.66. The minimum atomic E-state index is 0.540. The molecule has 0 bridgehead atoms. The molecule has 3 heteroatoms. The first kappa shape index (κ1) is 13.3. The van der Waals surface area contributed by atoms with Crippen LogP contribution in [0.15, 0.2) is 18.2 Å². The lowest BCUT2D eigenvalue weighted by Crippen LogP contribution is -2.47. The molecule has 19 heavy (non-hydrogen) atoms. The molecule has 0 aromatic heterocycles. The van der Waals surface area contributed by atoms with Crippen LogP contribution in [0.1, 0.15) is 38.2 Å². The van der Waals surface area contributed by atoms with E-state index in [9.17, 15) is 0 Å². The van der Waals surface area contributed by atoms with Gasteiger partial charge in [-0.05, 0) is 36.5 Å². The Kier molecular flexibility index (Phi) is 3.72. The zero-order valence-corrected chi connectivity index (χ0v) is 12.7. The molecule has 0 spiro atoms. The minimum Gasteiger partial charge on any atom is -0.368 e. The van der Waals surface area contributed by atoms with Crippen LogP contribution in [0.5, 0.6) is 0 Å². The van der Waals surface area contributed by atoms with E-state index in [0.29, 0.717) is 5.92 Å². The molecule has 1 aliphatic carbocycles. The second-order valence-electron chi connectivity index (χ2n) is 6.12. The van der Waals surface area contributed by atoms with Gasteiger partial charge in [0.2, 0.25) is 0 Å². The van der Waals surface area contributed by atoms with E-state index in [1.807, 2.05) is 0 Å². The van der Waals surface area contributed by atoms with Gasteiger partial charge in [-0.15, -0.1) is 0 Å². The predicted molar refractivity (Wildman–Crippen MR) is 82.3 cm³/mol. The lowest BCUT2D eigenvalue weighted by molar-refractivity contribution is 0.248. The van der Waals surface area contributed by atoms with Crippen LogP contribution < -0.4 is 4.90 Å². The number of hydrogen-bond donors (Lipinski definition) is 0. The van der Waals surface area contributed by atoms with Gasteiger partial charge in [-0.25, -0.2) is 0 Å². The molecule has 104 valence electrons. The van der Waals surface area contributed by atoms with Gasteiger partial charge in [-0.2, -0.15) is 0 Å². The average Bonchev–Trinajstić information content (AvgIpc) is 3.23. The molecule has 0 amide bonds. The summed E-state index contributed by atoms with van der Waals surface area (Å²) >= 11 is 6.46. The smallest absolute Gasteiger partial charge is 0.0642 e. The number of hydrogen-bond acceptors (Lipinski definition) is 2. The maximum Gasteiger partial charge on any atom is 0.0642 e. The monoisotopic (exact) mass is 278 g/mol. The molecular weight excluding hydrogens is 256 g/mol. The Morgan fingerprint density at radius 3 is 2.32 bits per heavy atom. The van der Waals surface area contributed by atoms with Crippen molar-refractivity contribution in [1.29, 1.82) is 0 Å². The Labute approximate surface area is 121 Å². The lowest BCUT2D eigenvalue weighted by atomic mass is 10.0. The normalized spacial score (nSPS) is 21.2. The molecule has 2 aliphatic rings. The van der Waals surface area contributed by atoms with Crippen LogP contribution in [-0.2, 0) is 0 Å². The third kappa shape index (κ3) is 2.90. The molecule has 2 fully saturated rings. The largest absolute Gasteiger partial charge is 0.368 e. The zero-order valence-electron chi connectivity index (χ0n) is 11.9. The van der Waals surface area contributed by atoms with Crippen LogP contribution >= 0.6 is 11.6 Å². The first-order chi connectivity index (χ1) is 9.15. The fourth-order valence-corrected chi connectivity index (χ4v) is 3.21. The van der Waals surface area contributed by atoms with Crippen LogP contribution in [0.25, 0.3) is 0 Å². The van der Waals surface area contributed by atoms with Gasteiger partial charge in [0.15, 0.2) is 0 Å². The maximum absolute atomic E-state index is 6.46. The van der Waals surface area contributed by atoms with E-state index in [4.69, 9.17) is 11.6 Å². The van der Waals surface area contributed by atoms with E-state index in [2.05, 4.69) is 41.8 Å². The van der Waals surface area contributed by atoms with E-state index in [0.717, 1.165) is 24.2 Å². The van der Waals surface area contributed by atoms with E-state index in [-0.39, 0.29) is 0 Å². The number of anilines is 1. The molecule has 1 aromatic carbocycles. The van der Waals surface area contributed by atoms with E-state index in [1.54, 1.807) is 0 Å². The number of rotatable bonds is 3. The quantitative estimate of drug-likeness (QED) is 0.831. The summed E-state index contributed by atoms with van der Waals surface area (Å²) in [6, 6.07) is 7.44. The third-order valence-electron chi connectivity index (χ3n) is 4.36. The molecule has 2 nitrogen and oxygen atoms in total. The van der Waals surface area contributed by atoms with Crippen molar-refractivity contribution in [2.45, 2.75) is 38.6 Å². The summed E-state index contributed by atoms with van der Waals surface area (Å²) in [5, 5.41) is 0.908. The summed E-state index contributed by atoms with van der Waals surface area (Å²) in [5.41, 5.74) is 2.53. The molecule has 0 N–H and O–H groups in total. The summed E-state index contributed by atoms with van der Waals surface area (Å²) in [6.45, 7) is 9.01. The van der Waals surface area contributed by atoms with Gasteiger partial charge in [-0.1, -0.05) is 31.5 Å². The summed E-state index contributed by atoms with van der Waals surface area (Å²) in [6.07, 6.45) is 2.81. The van der Waals surface area contributed by atoms with E-state index in [1.165, 1.54) is 37.2 Å². The fourth-order valence-electron chi connectivity index (χ4n) is 2.91. The van der Waals surface area contributed by atoms with Gasteiger partial charge in [-0.3, -0.25) is 4.90 Å². The van der Waals surface area contributed by atoms with Gasteiger partial charge in [0, 0.05) is 32.2 Å². The molecule has 1 aliphatic heterocycles. The number of benzene rings is 1. The summed E-state index contributed by atoms with van der Waals surface area (Å²) < 4.78 is 0. The first-order valence-electron chi connectivity index (χ1n) is 7.43. The van der Waals surface area contributed by atoms with Crippen LogP contribution in [0.4, 0.5) is 5.69 Å². The van der Waals surface area contributed by atoms with Crippen molar-refractivity contribution in [2.75, 3.05) is 31.1 Å². The summed E-state index contributed by atoms with van der Waals surface area (Å²) in [5.74, 6) is 0.540. The van der Waals surface area contributed by atoms with Crippen molar-refractivity contribution in [3.05, 3.63) is 28.8 Å². The molecule has 0 atom stereocenters. The zero-order chi connectivity index (χ0) is 13.4. The molecule has 1 saturated heterocycles. The van der Waals surface area contributed by atoms with E-state index < -0.39 is 0 Å². The Balaban J connectivity index is 1.69. The Morgan fingerprint density at radius 2 is 1.79 bits per heavy atom. The molecule has 1 heterocycles. The average molecular weight is 279 g/mol. The van der Waals surface area contributed by atoms with Crippen molar-refractivity contribution in [3.63, 3.8) is 0 Å². The molecule has 0 radical (unpaired) electrons. The van der Waals surface area contributed by atoms with Gasteiger partial charge in [0.1, 0.15) is 0 Å². The van der Waals surface area contributed by atoms with Crippen LogP contribution in [0.2, 0.25) is 5.02 Å². The predicted octanol–water partition coefficient (Wildman–Crippen LogP) is 3.75. The molecule has 0 unspecified atom stereocenters. The van der Waals surface area contributed by atoms with Crippen molar-refractivity contribution in [1.82, 2.24) is 4.90 Å². The minimum absolute atomic E-state index is 0.540. The molecule has 3 rings (SSSR count). The second-order valence-corrected chi connectivity index (χ2v) is 6.53. The van der Waals surface area contributed by atoms with Gasteiger partial charge in [0.05, 0.1) is 10.7 Å². The summed E-state index contributed by atoms with van der Waals surface area (Å²) in [4.78, 5) is 5.07. The highest BCUT2D eigenvalue weighted by Crippen LogP contribution is 2.32. The van der Waals surface area contributed by atoms with Crippen LogP contribution in [0, 0.1) is 0 Å². The molecule has 1 saturated carbocycles. The van der Waals surface area contributed by atoms with Crippen molar-refractivity contribution in [2.24, 2.45) is 0 Å². The Hall–Kier alpha value is -0.730. The Morgan fingerprint density at radius 1 is 1.11 bits per heavy atom. The van der Waals surface area contributed by atoms with Crippen LogP contribution in [-0.4, -0.2) is 37.1 Å². The SMILES string of the molecule is CC(C)c1ccc(N2CCN(C3CC3)CC2)c(Cl)c1. The Bertz CT molecular complexity index is 446. The highest BCUT2D eigenvalue weighted by atomic mass is 35.5. The van der Waals surface area contributed by atoms with Crippen molar-refractivity contribution < 1.29 is 0 Å². The molecular formula is C16H23ClN2. The second kappa shape index (κ2) is 5.34. The summed E-state index contributed by atoms with van der Waals surface area (Å²) in [7, 11) is 0. The highest BCUT2D eigenvalue weighted by Gasteiger charge is 2.31. The first-order valence-corrected chi connectivity index (χ1v) is 7.81. The maximum atomic E-state index is 6.46. The molecule has 1 aromatic rings. The number of nitrogens with zero attached hydrogens (tertiary/aromatic N) is 2. The lowest BCUT2D eigenvalue weighted by Gasteiger charge is -2.36. The van der Waals surface area contributed by atoms with Gasteiger partial charge in [0.25, 0.3) is 0 Å². The number of piperazine rings is 1. The van der Waals surface area contributed by atoms with Gasteiger partial charge < -0.3 is 4.90 Å². The fraction of sp³-hybridized carbons (Fsp3) is 0.625. The van der Waals surface area contributed by atoms with Crippen molar-refractivity contribution in [3.8, 4) is 0 Å². The van der Waals surface area contributed by atoms with E-state index >= 15 is 0 Å². The highest BCUT2D eigenvalue weighted by molar-refractivity contribution is 6.33. The van der Waals surface area contributed by atoms with Crippen LogP contribution in [0.3, 0.4) is 0 Å². The van der Waals surface area contributed by atoms with Gasteiger partial charge >= 0.3 is 0 Å². The van der Waals surface area contributed by atoms with Crippen molar-refractivity contribution >= 4 is 17.3 Å². The number of halogens is 1. The standard InChI is InChI=1S/C16H23ClN2/c1-12(2)13-3-6-16(15(17)11-13)19-9-7-18(8-10-19)14-4-5-14/h3,6,11-12,14H,4-5,7-10H2,1-2H3. The topological polar surface area (TPSA) is 6.48 Å².